The lowest BCUT2D eigenvalue weighted by Crippen LogP contribution is -2.15. The molecule has 4 nitrogen and oxygen atoms in total. The minimum atomic E-state index is 0.375. The highest BCUT2D eigenvalue weighted by molar-refractivity contribution is 8.01. The lowest BCUT2D eigenvalue weighted by molar-refractivity contribution is 0.568. The van der Waals surface area contributed by atoms with Crippen LogP contribution in [-0.2, 0) is 0 Å². The number of benzene rings is 1. The largest absolute Gasteiger partial charge is 0.353 e. The van der Waals surface area contributed by atoms with E-state index >= 15 is 0 Å². The van der Waals surface area contributed by atoms with Crippen LogP contribution >= 0.6 is 23.1 Å². The third-order valence-corrected chi connectivity index (χ3v) is 5.26. The molecule has 0 fully saturated rings. The molecule has 0 amide bonds. The van der Waals surface area contributed by atoms with Crippen molar-refractivity contribution < 1.29 is 0 Å². The smallest absolute Gasteiger partial charge is 0.208 e. The van der Waals surface area contributed by atoms with E-state index < -0.39 is 0 Å². The van der Waals surface area contributed by atoms with Gasteiger partial charge in [-0.05, 0) is 25.1 Å². The summed E-state index contributed by atoms with van der Waals surface area (Å²) in [6.07, 6.45) is 1.06. The predicted molar refractivity (Wildman–Crippen MR) is 86.9 cm³/mol. The van der Waals surface area contributed by atoms with Crippen LogP contribution < -0.4 is 10.2 Å². The minimum absolute atomic E-state index is 0.375. The number of rotatable bonds is 6. The van der Waals surface area contributed by atoms with Crippen molar-refractivity contribution in [3.05, 3.63) is 29.8 Å². The maximum Gasteiger partial charge on any atom is 0.208 e. The van der Waals surface area contributed by atoms with Gasteiger partial charge in [0.2, 0.25) is 5.13 Å². The Kier molecular flexibility index (Phi) is 5.39. The number of nitrogens with zero attached hydrogens (tertiary/aromatic N) is 3. The number of hydrogen-bond acceptors (Lipinski definition) is 6. The van der Waals surface area contributed by atoms with E-state index in [1.54, 1.807) is 23.1 Å². The van der Waals surface area contributed by atoms with Crippen LogP contribution in [0.4, 0.5) is 5.13 Å². The molecule has 1 atom stereocenters. The highest BCUT2D eigenvalue weighted by Gasteiger charge is 2.14. The first-order chi connectivity index (χ1) is 9.65. The quantitative estimate of drug-likeness (QED) is 0.885. The zero-order valence-corrected chi connectivity index (χ0v) is 13.9. The second kappa shape index (κ2) is 7.06. The summed E-state index contributed by atoms with van der Waals surface area (Å²) in [5.41, 5.74) is 1.32. The molecule has 0 aliphatic rings. The average Bonchev–Trinajstić information content (AvgIpc) is 2.91. The Bertz CT molecular complexity index is 550. The summed E-state index contributed by atoms with van der Waals surface area (Å²) in [5, 5.41) is 12.7. The molecule has 20 heavy (non-hydrogen) atoms. The van der Waals surface area contributed by atoms with Crippen molar-refractivity contribution >= 4 is 28.2 Å². The number of nitrogens with one attached hydrogen (secondary N) is 1. The third-order valence-electron chi connectivity index (χ3n) is 3.03. The molecule has 0 aliphatic carbocycles. The SMILES string of the molecule is CCC(NC)c1ccccc1Sc1nnc(N(C)C)s1. The van der Waals surface area contributed by atoms with Crippen molar-refractivity contribution in [2.24, 2.45) is 0 Å². The van der Waals surface area contributed by atoms with Crippen molar-refractivity contribution in [1.29, 1.82) is 0 Å². The zero-order chi connectivity index (χ0) is 14.5. The lowest BCUT2D eigenvalue weighted by atomic mass is 10.1. The molecule has 108 valence electrons. The van der Waals surface area contributed by atoms with E-state index in [0.29, 0.717) is 6.04 Å². The lowest BCUT2D eigenvalue weighted by Gasteiger charge is -2.17. The van der Waals surface area contributed by atoms with Gasteiger partial charge in [-0.15, -0.1) is 10.2 Å². The molecule has 1 heterocycles. The molecule has 2 aromatic rings. The molecule has 1 aromatic heterocycles. The Hall–Kier alpha value is -1.11. The first kappa shape index (κ1) is 15.3. The normalized spacial score (nSPS) is 12.4. The summed E-state index contributed by atoms with van der Waals surface area (Å²) in [6.45, 7) is 2.19. The molecule has 0 saturated carbocycles. The molecular weight excluding hydrogens is 288 g/mol. The van der Waals surface area contributed by atoms with Gasteiger partial charge in [0.05, 0.1) is 0 Å². The van der Waals surface area contributed by atoms with Crippen LogP contribution in [0.25, 0.3) is 0 Å². The number of aromatic nitrogens is 2. The van der Waals surface area contributed by atoms with Gasteiger partial charge in [-0.3, -0.25) is 0 Å². The monoisotopic (exact) mass is 308 g/mol. The van der Waals surface area contributed by atoms with E-state index in [9.17, 15) is 0 Å². The maximum atomic E-state index is 4.25. The van der Waals surface area contributed by atoms with Gasteiger partial charge in [-0.2, -0.15) is 0 Å². The van der Waals surface area contributed by atoms with E-state index in [1.807, 2.05) is 26.0 Å². The fourth-order valence-electron chi connectivity index (χ4n) is 1.96. The van der Waals surface area contributed by atoms with Crippen molar-refractivity contribution in [3.8, 4) is 0 Å². The summed E-state index contributed by atoms with van der Waals surface area (Å²) in [6, 6.07) is 8.87. The van der Waals surface area contributed by atoms with E-state index in [0.717, 1.165) is 15.9 Å². The molecular formula is C14H20N4S2. The highest BCUT2D eigenvalue weighted by atomic mass is 32.2. The summed E-state index contributed by atoms with van der Waals surface area (Å²) < 4.78 is 0.979. The van der Waals surface area contributed by atoms with Crippen LogP contribution in [0, 0.1) is 0 Å². The van der Waals surface area contributed by atoms with Crippen LogP contribution in [0.5, 0.6) is 0 Å². The zero-order valence-electron chi connectivity index (χ0n) is 12.3. The van der Waals surface area contributed by atoms with Crippen LogP contribution in [0.3, 0.4) is 0 Å². The van der Waals surface area contributed by atoms with E-state index in [-0.39, 0.29) is 0 Å². The van der Waals surface area contributed by atoms with Crippen LogP contribution in [-0.4, -0.2) is 31.3 Å². The first-order valence-corrected chi connectivity index (χ1v) is 8.23. The summed E-state index contributed by atoms with van der Waals surface area (Å²) in [7, 11) is 5.97. The van der Waals surface area contributed by atoms with Gasteiger partial charge in [-0.25, -0.2) is 0 Å². The van der Waals surface area contributed by atoms with E-state index in [1.165, 1.54) is 10.5 Å². The second-order valence-corrected chi connectivity index (χ2v) is 6.88. The molecule has 0 saturated heterocycles. The van der Waals surface area contributed by atoms with Gasteiger partial charge in [0.15, 0.2) is 4.34 Å². The van der Waals surface area contributed by atoms with Crippen molar-refractivity contribution in [2.45, 2.75) is 28.6 Å². The maximum absolute atomic E-state index is 4.25. The average molecular weight is 308 g/mol. The Morgan fingerprint density at radius 1 is 1.30 bits per heavy atom. The molecule has 1 aromatic carbocycles. The Morgan fingerprint density at radius 3 is 2.65 bits per heavy atom. The minimum Gasteiger partial charge on any atom is -0.353 e. The van der Waals surface area contributed by atoms with Gasteiger partial charge in [0, 0.05) is 25.0 Å². The molecule has 0 aliphatic heterocycles. The second-order valence-electron chi connectivity index (χ2n) is 4.63. The van der Waals surface area contributed by atoms with Crippen molar-refractivity contribution in [2.75, 3.05) is 26.0 Å². The molecule has 1 N–H and O–H groups in total. The molecule has 2 rings (SSSR count). The number of hydrogen-bond donors (Lipinski definition) is 1. The standard InChI is InChI=1S/C14H20N4S2/c1-5-11(15-2)10-8-6-7-9-12(10)19-14-17-16-13(20-14)18(3)4/h6-9,11,15H,5H2,1-4H3. The van der Waals surface area contributed by atoms with Crippen LogP contribution in [0.1, 0.15) is 24.9 Å². The van der Waals surface area contributed by atoms with Gasteiger partial charge in [0.1, 0.15) is 0 Å². The Morgan fingerprint density at radius 2 is 2.05 bits per heavy atom. The Labute approximate surface area is 128 Å². The predicted octanol–water partition coefficient (Wildman–Crippen LogP) is 3.43. The third kappa shape index (κ3) is 3.50. The molecule has 6 heteroatoms. The number of anilines is 1. The van der Waals surface area contributed by atoms with Crippen LogP contribution in [0.15, 0.2) is 33.5 Å². The van der Waals surface area contributed by atoms with Gasteiger partial charge in [0.25, 0.3) is 0 Å². The highest BCUT2D eigenvalue weighted by Crippen LogP contribution is 2.36. The van der Waals surface area contributed by atoms with Gasteiger partial charge >= 0.3 is 0 Å². The molecule has 0 radical (unpaired) electrons. The summed E-state index contributed by atoms with van der Waals surface area (Å²) >= 11 is 3.31. The van der Waals surface area contributed by atoms with Gasteiger partial charge in [-0.1, -0.05) is 48.2 Å². The van der Waals surface area contributed by atoms with Crippen molar-refractivity contribution in [1.82, 2.24) is 15.5 Å². The van der Waals surface area contributed by atoms with E-state index in [2.05, 4.69) is 46.7 Å². The molecule has 0 bridgehead atoms. The molecule has 1 unspecified atom stereocenters. The molecule has 0 spiro atoms. The summed E-state index contributed by atoms with van der Waals surface area (Å²) in [4.78, 5) is 3.23. The topological polar surface area (TPSA) is 41.1 Å². The Balaban J connectivity index is 2.24. The fraction of sp³-hybridized carbons (Fsp3) is 0.429. The van der Waals surface area contributed by atoms with E-state index in [4.69, 9.17) is 0 Å². The van der Waals surface area contributed by atoms with Crippen LogP contribution in [0.2, 0.25) is 0 Å². The summed E-state index contributed by atoms with van der Waals surface area (Å²) in [5.74, 6) is 0. The van der Waals surface area contributed by atoms with Crippen molar-refractivity contribution in [3.63, 3.8) is 0 Å². The van der Waals surface area contributed by atoms with Gasteiger partial charge < -0.3 is 10.2 Å². The fourth-order valence-corrected chi connectivity index (χ4v) is 3.87. The first-order valence-electron chi connectivity index (χ1n) is 6.60.